The highest BCUT2D eigenvalue weighted by Crippen LogP contribution is 2.26. The van der Waals surface area contributed by atoms with Gasteiger partial charge in [-0.3, -0.25) is 10.00 Å². The highest BCUT2D eigenvalue weighted by Gasteiger charge is 2.31. The molecule has 0 spiro atoms. The number of anilines is 2. The molecule has 21 heavy (non-hydrogen) atoms. The van der Waals surface area contributed by atoms with Crippen molar-refractivity contribution in [3.63, 3.8) is 0 Å². The fraction of sp³-hybridized carbons (Fsp3) is 0.533. The Morgan fingerprint density at radius 1 is 1.48 bits per heavy atom. The van der Waals surface area contributed by atoms with Crippen LogP contribution in [0.15, 0.2) is 18.3 Å². The Labute approximate surface area is 123 Å². The van der Waals surface area contributed by atoms with E-state index in [9.17, 15) is 0 Å². The van der Waals surface area contributed by atoms with Crippen molar-refractivity contribution >= 4 is 22.3 Å². The summed E-state index contributed by atoms with van der Waals surface area (Å²) in [5.41, 5.74) is 8.78. The van der Waals surface area contributed by atoms with Crippen molar-refractivity contribution in [3.05, 3.63) is 18.3 Å². The molecule has 0 aliphatic carbocycles. The molecule has 112 valence electrons. The average Bonchev–Trinajstić information content (AvgIpc) is 3.12. The van der Waals surface area contributed by atoms with E-state index in [4.69, 9.17) is 10.5 Å². The molecule has 2 aromatic rings. The van der Waals surface area contributed by atoms with Crippen molar-refractivity contribution in [2.45, 2.75) is 25.0 Å². The van der Waals surface area contributed by atoms with Gasteiger partial charge in [-0.15, -0.1) is 0 Å². The third kappa shape index (κ3) is 2.45. The quantitative estimate of drug-likeness (QED) is 0.744. The molecule has 2 saturated heterocycles. The molecule has 4 rings (SSSR count). The van der Waals surface area contributed by atoms with Gasteiger partial charge < -0.3 is 15.8 Å². The molecule has 1 aromatic carbocycles. The van der Waals surface area contributed by atoms with Crippen LogP contribution >= 0.6 is 0 Å². The minimum absolute atomic E-state index is 0.233. The maximum absolute atomic E-state index is 6.09. The highest BCUT2D eigenvalue weighted by atomic mass is 16.5. The minimum atomic E-state index is 0.233. The smallest absolute Gasteiger partial charge is 0.0874 e. The number of nitrogen functional groups attached to an aromatic ring is 1. The van der Waals surface area contributed by atoms with E-state index in [2.05, 4.69) is 20.4 Å². The van der Waals surface area contributed by atoms with Crippen LogP contribution in [-0.2, 0) is 4.74 Å². The molecule has 2 atom stereocenters. The summed E-state index contributed by atoms with van der Waals surface area (Å²) >= 11 is 0. The number of nitrogens with one attached hydrogen (secondary N) is 2. The summed E-state index contributed by atoms with van der Waals surface area (Å²) in [6.45, 7) is 3.88. The summed E-state index contributed by atoms with van der Waals surface area (Å²) < 4.78 is 5.96. The second-order valence-electron chi connectivity index (χ2n) is 6.02. The zero-order chi connectivity index (χ0) is 14.2. The predicted molar refractivity (Wildman–Crippen MR) is 83.3 cm³/mol. The molecule has 0 saturated carbocycles. The van der Waals surface area contributed by atoms with E-state index in [0.29, 0.717) is 6.04 Å². The summed E-state index contributed by atoms with van der Waals surface area (Å²) in [6.07, 6.45) is 4.60. The van der Waals surface area contributed by atoms with Crippen LogP contribution in [0.1, 0.15) is 12.8 Å². The van der Waals surface area contributed by atoms with E-state index in [0.717, 1.165) is 42.0 Å². The van der Waals surface area contributed by atoms with Crippen LogP contribution in [0.25, 0.3) is 10.9 Å². The van der Waals surface area contributed by atoms with Gasteiger partial charge in [0.1, 0.15) is 0 Å². The molecule has 0 radical (unpaired) electrons. The summed E-state index contributed by atoms with van der Waals surface area (Å²) in [6, 6.07) is 4.60. The van der Waals surface area contributed by atoms with Crippen molar-refractivity contribution in [3.8, 4) is 0 Å². The van der Waals surface area contributed by atoms with Gasteiger partial charge in [0.2, 0.25) is 0 Å². The largest absolute Gasteiger partial charge is 0.397 e. The molecule has 2 unspecified atom stereocenters. The first-order valence-electron chi connectivity index (χ1n) is 7.62. The highest BCUT2D eigenvalue weighted by molar-refractivity contribution is 5.88. The lowest BCUT2D eigenvalue weighted by atomic mass is 10.1. The van der Waals surface area contributed by atoms with Crippen LogP contribution < -0.4 is 11.1 Å². The molecule has 1 aromatic heterocycles. The fourth-order valence-electron chi connectivity index (χ4n) is 3.40. The third-order valence-electron chi connectivity index (χ3n) is 4.59. The normalized spacial score (nSPS) is 26.1. The summed E-state index contributed by atoms with van der Waals surface area (Å²) in [4.78, 5) is 2.55. The van der Waals surface area contributed by atoms with Gasteiger partial charge in [-0.25, -0.2) is 0 Å². The number of rotatable bonds is 3. The Bertz CT molecular complexity index is 640. The van der Waals surface area contributed by atoms with Gasteiger partial charge in [0.25, 0.3) is 0 Å². The van der Waals surface area contributed by atoms with E-state index in [-0.39, 0.29) is 6.10 Å². The maximum Gasteiger partial charge on any atom is 0.0874 e. The molecule has 6 nitrogen and oxygen atoms in total. The van der Waals surface area contributed by atoms with Crippen LogP contribution in [0.5, 0.6) is 0 Å². The zero-order valence-corrected chi connectivity index (χ0v) is 12.0. The van der Waals surface area contributed by atoms with Gasteiger partial charge in [0, 0.05) is 24.5 Å². The SMILES string of the molecule is Nc1cc2cn[nH]c2cc1NCC1CN2CCCC2CO1. The van der Waals surface area contributed by atoms with E-state index in [1.54, 1.807) is 6.20 Å². The average molecular weight is 287 g/mol. The number of H-pyrrole nitrogens is 1. The van der Waals surface area contributed by atoms with E-state index in [1.807, 2.05) is 12.1 Å². The Kier molecular flexibility index (Phi) is 3.20. The fourth-order valence-corrected chi connectivity index (χ4v) is 3.40. The third-order valence-corrected chi connectivity index (χ3v) is 4.59. The lowest BCUT2D eigenvalue weighted by Gasteiger charge is -2.35. The van der Waals surface area contributed by atoms with Crippen molar-refractivity contribution < 1.29 is 4.74 Å². The summed E-state index contributed by atoms with van der Waals surface area (Å²) in [5, 5.41) is 11.5. The number of aromatic nitrogens is 2. The second-order valence-corrected chi connectivity index (χ2v) is 6.02. The Morgan fingerprint density at radius 3 is 3.38 bits per heavy atom. The first-order valence-corrected chi connectivity index (χ1v) is 7.62. The van der Waals surface area contributed by atoms with Crippen LogP contribution in [0.2, 0.25) is 0 Å². The number of fused-ring (bicyclic) bond motifs is 2. The van der Waals surface area contributed by atoms with Crippen molar-refractivity contribution in [2.75, 3.05) is 37.3 Å². The molecule has 2 fully saturated rings. The second kappa shape index (κ2) is 5.20. The van der Waals surface area contributed by atoms with Crippen LogP contribution in [0.4, 0.5) is 11.4 Å². The lowest BCUT2D eigenvalue weighted by molar-refractivity contribution is -0.0415. The molecule has 0 bridgehead atoms. The number of ether oxygens (including phenoxy) is 1. The van der Waals surface area contributed by atoms with Crippen LogP contribution in [0, 0.1) is 0 Å². The minimum Gasteiger partial charge on any atom is -0.397 e. The Balaban J connectivity index is 1.42. The maximum atomic E-state index is 6.09. The van der Waals surface area contributed by atoms with E-state index in [1.165, 1.54) is 19.4 Å². The molecular formula is C15H21N5O. The van der Waals surface area contributed by atoms with Crippen LogP contribution in [-0.4, -0.2) is 53.5 Å². The molecule has 3 heterocycles. The number of aromatic amines is 1. The van der Waals surface area contributed by atoms with Gasteiger partial charge >= 0.3 is 0 Å². The van der Waals surface area contributed by atoms with E-state index >= 15 is 0 Å². The summed E-state index contributed by atoms with van der Waals surface area (Å²) in [5.74, 6) is 0. The van der Waals surface area contributed by atoms with Gasteiger partial charge in [0.15, 0.2) is 0 Å². The Hall–Kier alpha value is -1.79. The van der Waals surface area contributed by atoms with Crippen molar-refractivity contribution in [1.29, 1.82) is 0 Å². The first-order chi connectivity index (χ1) is 10.3. The first kappa shape index (κ1) is 12.9. The van der Waals surface area contributed by atoms with Crippen LogP contribution in [0.3, 0.4) is 0 Å². The number of benzene rings is 1. The van der Waals surface area contributed by atoms with E-state index < -0.39 is 0 Å². The van der Waals surface area contributed by atoms with Crippen molar-refractivity contribution in [2.24, 2.45) is 0 Å². The monoisotopic (exact) mass is 287 g/mol. The number of hydrogen-bond acceptors (Lipinski definition) is 5. The number of morpholine rings is 1. The molecule has 0 amide bonds. The lowest BCUT2D eigenvalue weighted by Crippen LogP contribution is -2.48. The van der Waals surface area contributed by atoms with Gasteiger partial charge in [-0.2, -0.15) is 5.10 Å². The van der Waals surface area contributed by atoms with Gasteiger partial charge in [-0.05, 0) is 31.5 Å². The van der Waals surface area contributed by atoms with Gasteiger partial charge in [0.05, 0.1) is 35.8 Å². The van der Waals surface area contributed by atoms with Crippen molar-refractivity contribution in [1.82, 2.24) is 15.1 Å². The molecule has 4 N–H and O–H groups in total. The zero-order valence-electron chi connectivity index (χ0n) is 12.0. The Morgan fingerprint density at radius 2 is 2.43 bits per heavy atom. The number of hydrogen-bond donors (Lipinski definition) is 3. The molecular weight excluding hydrogens is 266 g/mol. The summed E-state index contributed by atoms with van der Waals surface area (Å²) in [7, 11) is 0. The number of nitrogens with zero attached hydrogens (tertiary/aromatic N) is 2. The number of nitrogens with two attached hydrogens (primary N) is 1. The molecule has 2 aliphatic heterocycles. The van der Waals surface area contributed by atoms with Gasteiger partial charge in [-0.1, -0.05) is 0 Å². The predicted octanol–water partition coefficient (Wildman–Crippen LogP) is 1.42. The standard InChI is InChI=1S/C15H21N5O/c16-13-4-10-6-18-19-14(10)5-15(13)17-7-12-8-20-3-1-2-11(20)9-21-12/h4-6,11-12,17H,1-3,7-9,16H2,(H,18,19). The molecule has 2 aliphatic rings. The topological polar surface area (TPSA) is 79.2 Å². The molecule has 6 heteroatoms.